The summed E-state index contributed by atoms with van der Waals surface area (Å²) in [5, 5.41) is 26.2. The molecule has 0 radical (unpaired) electrons. The van der Waals surface area contributed by atoms with Gasteiger partial charge in [0.2, 0.25) is 5.95 Å². The highest BCUT2D eigenvalue weighted by molar-refractivity contribution is 5.69. The number of anilines is 1. The molecule has 3 rings (SSSR count). The number of aliphatic hydroxyl groups is 2. The van der Waals surface area contributed by atoms with Crippen LogP contribution in [0.15, 0.2) is 4.79 Å². The smallest absolute Gasteiger partial charge is 0.282 e. The Morgan fingerprint density at radius 3 is 3.05 bits per heavy atom. The maximum Gasteiger partial charge on any atom is 0.282 e. The minimum atomic E-state index is -0.811. The third kappa shape index (κ3) is 1.85. The molecular weight excluding hydrogens is 256 g/mol. The number of H-pyrrole nitrogens is 1. The van der Waals surface area contributed by atoms with E-state index in [0.29, 0.717) is 0 Å². The summed E-state index contributed by atoms with van der Waals surface area (Å²) in [7, 11) is 0. The first-order valence-electron chi connectivity index (χ1n) is 5.65. The lowest BCUT2D eigenvalue weighted by Gasteiger charge is -2.11. The van der Waals surface area contributed by atoms with Gasteiger partial charge < -0.3 is 20.7 Å². The summed E-state index contributed by atoms with van der Waals surface area (Å²) in [6.45, 7) is -0.305. The summed E-state index contributed by atoms with van der Waals surface area (Å²) in [6, 6.07) is 0. The van der Waals surface area contributed by atoms with Gasteiger partial charge in [0.25, 0.3) is 5.56 Å². The average molecular weight is 268 g/mol. The van der Waals surface area contributed by atoms with Gasteiger partial charge in [-0.05, 0) is 0 Å². The van der Waals surface area contributed by atoms with Crippen LogP contribution in [-0.2, 0) is 4.74 Å². The molecule has 0 aromatic carbocycles. The minimum Gasteiger partial charge on any atom is -0.394 e. The number of aliphatic hydroxyl groups excluding tert-OH is 2. The van der Waals surface area contributed by atoms with E-state index in [1.165, 1.54) is 4.68 Å². The molecule has 0 aliphatic carbocycles. The normalized spacial score (nSPS) is 27.2. The van der Waals surface area contributed by atoms with Crippen LogP contribution in [0.4, 0.5) is 5.95 Å². The zero-order valence-corrected chi connectivity index (χ0v) is 9.72. The third-order valence-electron chi connectivity index (χ3n) is 3.01. The molecule has 1 aliphatic rings. The highest BCUT2D eigenvalue weighted by Gasteiger charge is 2.36. The van der Waals surface area contributed by atoms with Crippen molar-refractivity contribution in [1.29, 1.82) is 0 Å². The Balaban J connectivity index is 2.05. The van der Waals surface area contributed by atoms with Gasteiger partial charge >= 0.3 is 0 Å². The van der Waals surface area contributed by atoms with Gasteiger partial charge in [-0.25, -0.2) is 0 Å². The van der Waals surface area contributed by atoms with Crippen LogP contribution in [-0.4, -0.2) is 54.0 Å². The molecule has 0 bridgehead atoms. The minimum absolute atomic E-state index is 0.0414. The van der Waals surface area contributed by atoms with Gasteiger partial charge in [-0.15, -0.1) is 5.10 Å². The van der Waals surface area contributed by atoms with Crippen molar-refractivity contribution in [3.8, 4) is 0 Å². The molecule has 3 heterocycles. The van der Waals surface area contributed by atoms with Gasteiger partial charge in [0.05, 0.1) is 12.7 Å². The number of aromatic amines is 1. The van der Waals surface area contributed by atoms with E-state index in [1.807, 2.05) is 0 Å². The van der Waals surface area contributed by atoms with E-state index in [9.17, 15) is 9.90 Å². The zero-order valence-electron chi connectivity index (χ0n) is 9.72. The Hall–Kier alpha value is -2.04. The van der Waals surface area contributed by atoms with Crippen molar-refractivity contribution in [2.24, 2.45) is 0 Å². The summed E-state index contributed by atoms with van der Waals surface area (Å²) in [5.41, 5.74) is 5.19. The molecule has 3 atom stereocenters. The average Bonchev–Trinajstić information content (AvgIpc) is 2.92. The van der Waals surface area contributed by atoms with Gasteiger partial charge in [-0.2, -0.15) is 9.67 Å². The van der Waals surface area contributed by atoms with E-state index >= 15 is 0 Å². The Kier molecular flexibility index (Phi) is 2.69. The monoisotopic (exact) mass is 268 g/mol. The summed E-state index contributed by atoms with van der Waals surface area (Å²) in [6.07, 6.45) is -1.93. The number of nitrogens with one attached hydrogen (secondary N) is 1. The molecule has 0 spiro atoms. The Morgan fingerprint density at radius 1 is 1.58 bits per heavy atom. The van der Waals surface area contributed by atoms with Crippen LogP contribution in [0.2, 0.25) is 0 Å². The van der Waals surface area contributed by atoms with Gasteiger partial charge in [-0.3, -0.25) is 9.78 Å². The molecule has 0 unspecified atom stereocenters. The number of ether oxygens (including phenoxy) is 1. The Morgan fingerprint density at radius 2 is 2.37 bits per heavy atom. The van der Waals surface area contributed by atoms with Crippen molar-refractivity contribution in [1.82, 2.24) is 25.0 Å². The second kappa shape index (κ2) is 4.26. The molecule has 0 saturated carbocycles. The van der Waals surface area contributed by atoms with Gasteiger partial charge in [0.15, 0.2) is 17.4 Å². The molecule has 102 valence electrons. The van der Waals surface area contributed by atoms with Crippen LogP contribution in [0.5, 0.6) is 0 Å². The van der Waals surface area contributed by atoms with E-state index in [-0.39, 0.29) is 30.1 Å². The fourth-order valence-electron chi connectivity index (χ4n) is 2.08. The number of rotatable bonds is 2. The second-order valence-electron chi connectivity index (χ2n) is 4.27. The molecule has 2 aromatic rings. The fourth-order valence-corrected chi connectivity index (χ4v) is 2.08. The summed E-state index contributed by atoms with van der Waals surface area (Å²) < 4.78 is 6.70. The first-order valence-corrected chi connectivity index (χ1v) is 5.65. The Bertz CT molecular complexity index is 666. The van der Waals surface area contributed by atoms with Crippen LogP contribution >= 0.6 is 0 Å². The predicted octanol–water partition coefficient (Wildman–Crippen LogP) is -2.26. The first-order chi connectivity index (χ1) is 9.10. The first kappa shape index (κ1) is 12.0. The van der Waals surface area contributed by atoms with Crippen molar-refractivity contribution < 1.29 is 14.9 Å². The SMILES string of the molecule is Nc1nc2c(nnn2[C@@H]2C[C@H](O)[C@H](CO)O2)c(=O)[nH]1. The number of hydrogen-bond acceptors (Lipinski definition) is 8. The lowest BCUT2D eigenvalue weighted by molar-refractivity contribution is -0.0476. The van der Waals surface area contributed by atoms with Crippen molar-refractivity contribution in [3.05, 3.63) is 10.4 Å². The van der Waals surface area contributed by atoms with Crippen LogP contribution in [0.1, 0.15) is 12.6 Å². The summed E-state index contributed by atoms with van der Waals surface area (Å²) in [5.74, 6) is -0.0571. The van der Waals surface area contributed by atoms with Crippen molar-refractivity contribution in [2.45, 2.75) is 24.9 Å². The van der Waals surface area contributed by atoms with Crippen molar-refractivity contribution in [2.75, 3.05) is 12.3 Å². The van der Waals surface area contributed by atoms with Crippen molar-refractivity contribution >= 4 is 17.1 Å². The van der Waals surface area contributed by atoms with Crippen LogP contribution in [0, 0.1) is 0 Å². The summed E-state index contributed by atoms with van der Waals surface area (Å²) >= 11 is 0. The molecule has 1 saturated heterocycles. The number of fused-ring (bicyclic) bond motifs is 1. The van der Waals surface area contributed by atoms with Gasteiger partial charge in [-0.1, -0.05) is 5.21 Å². The van der Waals surface area contributed by atoms with E-state index in [2.05, 4.69) is 20.3 Å². The third-order valence-corrected chi connectivity index (χ3v) is 3.01. The van der Waals surface area contributed by atoms with E-state index in [1.54, 1.807) is 0 Å². The van der Waals surface area contributed by atoms with E-state index in [0.717, 1.165) is 0 Å². The maximum atomic E-state index is 11.6. The molecule has 19 heavy (non-hydrogen) atoms. The predicted molar refractivity (Wildman–Crippen MR) is 62.0 cm³/mol. The maximum absolute atomic E-state index is 11.6. The zero-order chi connectivity index (χ0) is 13.6. The molecular formula is C9H12N6O4. The quantitative estimate of drug-likeness (QED) is 0.476. The van der Waals surface area contributed by atoms with Crippen LogP contribution in [0.3, 0.4) is 0 Å². The number of aromatic nitrogens is 5. The number of nitrogen functional groups attached to an aromatic ring is 1. The molecule has 10 nitrogen and oxygen atoms in total. The molecule has 2 aromatic heterocycles. The topological polar surface area (TPSA) is 152 Å². The number of hydrogen-bond donors (Lipinski definition) is 4. The molecule has 1 fully saturated rings. The Labute approximate surface area is 105 Å². The highest BCUT2D eigenvalue weighted by atomic mass is 16.5. The summed E-state index contributed by atoms with van der Waals surface area (Å²) in [4.78, 5) is 17.9. The molecule has 1 aliphatic heterocycles. The van der Waals surface area contributed by atoms with E-state index in [4.69, 9.17) is 15.6 Å². The molecule has 10 heteroatoms. The van der Waals surface area contributed by atoms with Crippen LogP contribution in [0.25, 0.3) is 11.2 Å². The largest absolute Gasteiger partial charge is 0.394 e. The fraction of sp³-hybridized carbons (Fsp3) is 0.556. The molecule has 5 N–H and O–H groups in total. The lowest BCUT2D eigenvalue weighted by Crippen LogP contribution is -2.24. The lowest BCUT2D eigenvalue weighted by atomic mass is 10.2. The molecule has 0 amide bonds. The van der Waals surface area contributed by atoms with Crippen LogP contribution < -0.4 is 11.3 Å². The van der Waals surface area contributed by atoms with Gasteiger partial charge in [0.1, 0.15) is 6.10 Å². The highest BCUT2D eigenvalue weighted by Crippen LogP contribution is 2.29. The van der Waals surface area contributed by atoms with Crippen molar-refractivity contribution in [3.63, 3.8) is 0 Å². The standard InChI is InChI=1S/C9H12N6O4/c10-9-11-7-6(8(18)12-9)13-14-15(7)5-1-3(17)4(2-16)19-5/h3-5,16-17H,1-2H2,(H3,10,11,12,18)/t3-,4-,5-/m0/s1. The van der Waals surface area contributed by atoms with Gasteiger partial charge in [0, 0.05) is 6.42 Å². The number of nitrogens with two attached hydrogens (primary N) is 1. The second-order valence-corrected chi connectivity index (χ2v) is 4.27. The number of nitrogens with zero attached hydrogens (tertiary/aromatic N) is 4. The van der Waals surface area contributed by atoms with E-state index < -0.39 is 24.0 Å².